The summed E-state index contributed by atoms with van der Waals surface area (Å²) in [6.45, 7) is 0. The zero-order valence-corrected chi connectivity index (χ0v) is 9.68. The molecular formula is C10H10O3S2. The zero-order chi connectivity index (χ0) is 11.3. The molecule has 1 aromatic carbocycles. The summed E-state index contributed by atoms with van der Waals surface area (Å²) >= 11 is 6.04. The molecule has 1 N–H and O–H groups in total. The fourth-order valence-corrected chi connectivity index (χ4v) is 1.32. The molecule has 15 heavy (non-hydrogen) atoms. The highest BCUT2D eigenvalue weighted by Crippen LogP contribution is 2.20. The summed E-state index contributed by atoms with van der Waals surface area (Å²) < 4.78 is 5.37. The topological polar surface area (TPSA) is 46.5 Å². The quantitative estimate of drug-likeness (QED) is 0.825. The van der Waals surface area contributed by atoms with E-state index in [1.807, 2.05) is 6.07 Å². The predicted octanol–water partition coefficient (Wildman–Crippen LogP) is 2.48. The van der Waals surface area contributed by atoms with Crippen molar-refractivity contribution in [2.45, 2.75) is 6.10 Å². The average Bonchev–Trinajstić information content (AvgIpc) is 2.26. The van der Waals surface area contributed by atoms with Crippen LogP contribution in [-0.2, 0) is 9.53 Å². The third-order valence-corrected chi connectivity index (χ3v) is 2.73. The molecule has 1 unspecified atom stereocenters. The van der Waals surface area contributed by atoms with E-state index in [2.05, 4.69) is 0 Å². The second-order valence-electron chi connectivity index (χ2n) is 2.70. The number of ether oxygens (including phenoxy) is 1. The Morgan fingerprint density at radius 3 is 2.53 bits per heavy atom. The first kappa shape index (κ1) is 12.0. The Bertz CT molecular complexity index is 351. The maximum atomic E-state index is 11.0. The van der Waals surface area contributed by atoms with Crippen molar-refractivity contribution in [3.63, 3.8) is 0 Å². The lowest BCUT2D eigenvalue weighted by atomic mass is 10.1. The fourth-order valence-electron chi connectivity index (χ4n) is 1.03. The molecular weight excluding hydrogens is 232 g/mol. The van der Waals surface area contributed by atoms with Crippen LogP contribution in [0.25, 0.3) is 0 Å². The van der Waals surface area contributed by atoms with Gasteiger partial charge in [0.15, 0.2) is 0 Å². The number of rotatable bonds is 3. The average molecular weight is 242 g/mol. The van der Waals surface area contributed by atoms with Crippen LogP contribution < -0.4 is 0 Å². The van der Waals surface area contributed by atoms with E-state index in [0.29, 0.717) is 5.56 Å². The van der Waals surface area contributed by atoms with Gasteiger partial charge in [0, 0.05) is 5.56 Å². The molecule has 0 fully saturated rings. The maximum absolute atomic E-state index is 11.0. The molecule has 0 saturated carbocycles. The Morgan fingerprint density at radius 1 is 1.47 bits per heavy atom. The van der Waals surface area contributed by atoms with Crippen molar-refractivity contribution in [1.29, 1.82) is 0 Å². The van der Waals surface area contributed by atoms with Crippen LogP contribution in [0.1, 0.15) is 11.7 Å². The van der Waals surface area contributed by atoms with Crippen LogP contribution in [0.5, 0.6) is 0 Å². The van der Waals surface area contributed by atoms with Gasteiger partial charge in [0.05, 0.1) is 0 Å². The number of aliphatic carboxylic acids is 1. The van der Waals surface area contributed by atoms with Crippen LogP contribution in [-0.4, -0.2) is 21.7 Å². The SMILES string of the molecule is CSC(=S)OC(C(=O)O)c1ccccc1. The minimum atomic E-state index is -1.04. The van der Waals surface area contributed by atoms with Gasteiger partial charge in [-0.2, -0.15) is 0 Å². The molecule has 0 amide bonds. The second kappa shape index (κ2) is 5.72. The minimum absolute atomic E-state index is 0.228. The first-order valence-electron chi connectivity index (χ1n) is 4.17. The van der Waals surface area contributed by atoms with E-state index < -0.39 is 12.1 Å². The highest BCUT2D eigenvalue weighted by atomic mass is 32.2. The molecule has 1 aromatic rings. The van der Waals surface area contributed by atoms with Gasteiger partial charge < -0.3 is 9.84 Å². The first-order valence-corrected chi connectivity index (χ1v) is 5.81. The van der Waals surface area contributed by atoms with Gasteiger partial charge in [-0.3, -0.25) is 0 Å². The Morgan fingerprint density at radius 2 is 2.07 bits per heavy atom. The molecule has 5 heteroatoms. The number of carbonyl (C=O) groups is 1. The normalized spacial score (nSPS) is 11.8. The van der Waals surface area contributed by atoms with Crippen molar-refractivity contribution < 1.29 is 14.6 Å². The number of hydrogen-bond donors (Lipinski definition) is 1. The number of carboxylic acid groups (broad SMARTS) is 1. The molecule has 0 heterocycles. The van der Waals surface area contributed by atoms with Crippen LogP contribution in [0.2, 0.25) is 0 Å². The van der Waals surface area contributed by atoms with Gasteiger partial charge in [0.2, 0.25) is 10.5 Å². The Hall–Kier alpha value is -1.07. The van der Waals surface area contributed by atoms with Crippen molar-refractivity contribution in [2.75, 3.05) is 6.26 Å². The van der Waals surface area contributed by atoms with E-state index in [-0.39, 0.29) is 4.38 Å². The number of thioether (sulfide) groups is 1. The lowest BCUT2D eigenvalue weighted by molar-refractivity contribution is -0.145. The highest BCUT2D eigenvalue weighted by Gasteiger charge is 2.22. The molecule has 0 aromatic heterocycles. The summed E-state index contributed by atoms with van der Waals surface area (Å²) in [5, 5.41) is 8.98. The summed E-state index contributed by atoms with van der Waals surface area (Å²) in [4.78, 5) is 11.0. The molecule has 1 atom stereocenters. The molecule has 0 saturated heterocycles. The van der Waals surface area contributed by atoms with Crippen molar-refractivity contribution in [2.24, 2.45) is 0 Å². The third-order valence-electron chi connectivity index (χ3n) is 1.71. The molecule has 0 bridgehead atoms. The largest absolute Gasteiger partial charge is 0.478 e. The standard InChI is InChI=1S/C10H10O3S2/c1-15-10(14)13-8(9(11)12)7-5-3-2-4-6-7/h2-6,8H,1H3,(H,11,12). The maximum Gasteiger partial charge on any atom is 0.349 e. The Labute approximate surface area is 97.4 Å². The molecule has 0 aliphatic rings. The van der Waals surface area contributed by atoms with Gasteiger partial charge in [-0.15, -0.1) is 0 Å². The lowest BCUT2D eigenvalue weighted by Gasteiger charge is -2.14. The Balaban J connectivity index is 2.84. The summed E-state index contributed by atoms with van der Waals surface area (Å²) in [7, 11) is 0. The molecule has 0 spiro atoms. The van der Waals surface area contributed by atoms with Crippen molar-refractivity contribution in [3.05, 3.63) is 35.9 Å². The van der Waals surface area contributed by atoms with Crippen molar-refractivity contribution in [3.8, 4) is 0 Å². The van der Waals surface area contributed by atoms with Gasteiger partial charge in [0.25, 0.3) is 0 Å². The highest BCUT2D eigenvalue weighted by molar-refractivity contribution is 8.22. The van der Waals surface area contributed by atoms with Crippen LogP contribution in [0.3, 0.4) is 0 Å². The van der Waals surface area contributed by atoms with E-state index in [1.165, 1.54) is 11.8 Å². The summed E-state index contributed by atoms with van der Waals surface area (Å²) in [6.07, 6.45) is 0.720. The van der Waals surface area contributed by atoms with Crippen LogP contribution in [0.15, 0.2) is 30.3 Å². The number of hydrogen-bond acceptors (Lipinski definition) is 4. The predicted molar refractivity (Wildman–Crippen MR) is 64.0 cm³/mol. The number of carboxylic acids is 1. The van der Waals surface area contributed by atoms with Gasteiger partial charge in [-0.05, 0) is 18.5 Å². The third kappa shape index (κ3) is 3.53. The molecule has 0 aliphatic carbocycles. The van der Waals surface area contributed by atoms with E-state index in [1.54, 1.807) is 30.5 Å². The molecule has 0 aliphatic heterocycles. The first-order chi connectivity index (χ1) is 7.15. The van der Waals surface area contributed by atoms with E-state index in [0.717, 1.165) is 0 Å². The monoisotopic (exact) mass is 242 g/mol. The van der Waals surface area contributed by atoms with E-state index in [9.17, 15) is 4.79 Å². The summed E-state index contributed by atoms with van der Waals surface area (Å²) in [5.74, 6) is -1.04. The Kier molecular flexibility index (Phi) is 4.58. The van der Waals surface area contributed by atoms with E-state index in [4.69, 9.17) is 22.1 Å². The van der Waals surface area contributed by atoms with Crippen LogP contribution in [0.4, 0.5) is 0 Å². The molecule has 3 nitrogen and oxygen atoms in total. The summed E-state index contributed by atoms with van der Waals surface area (Å²) in [6, 6.07) is 8.73. The zero-order valence-electron chi connectivity index (χ0n) is 8.04. The van der Waals surface area contributed by atoms with Gasteiger partial charge >= 0.3 is 5.97 Å². The van der Waals surface area contributed by atoms with E-state index >= 15 is 0 Å². The van der Waals surface area contributed by atoms with Gasteiger partial charge in [-0.25, -0.2) is 4.79 Å². The van der Waals surface area contributed by atoms with Crippen LogP contribution >= 0.6 is 24.0 Å². The molecule has 1 rings (SSSR count). The van der Waals surface area contributed by atoms with Crippen LogP contribution in [0, 0.1) is 0 Å². The number of benzene rings is 1. The number of thiocarbonyl (C=S) groups is 1. The van der Waals surface area contributed by atoms with Gasteiger partial charge in [0.1, 0.15) is 0 Å². The van der Waals surface area contributed by atoms with Crippen molar-refractivity contribution >= 4 is 34.3 Å². The molecule has 80 valence electrons. The van der Waals surface area contributed by atoms with Gasteiger partial charge in [-0.1, -0.05) is 42.1 Å². The fraction of sp³-hybridized carbons (Fsp3) is 0.200. The summed E-state index contributed by atoms with van der Waals surface area (Å²) in [5.41, 5.74) is 0.585. The second-order valence-corrected chi connectivity index (χ2v) is 4.11. The lowest BCUT2D eigenvalue weighted by Crippen LogP contribution is -2.16. The minimum Gasteiger partial charge on any atom is -0.478 e. The smallest absolute Gasteiger partial charge is 0.349 e. The van der Waals surface area contributed by atoms with Crippen molar-refractivity contribution in [1.82, 2.24) is 0 Å². The molecule has 0 radical (unpaired) electrons.